The van der Waals surface area contributed by atoms with Gasteiger partial charge in [-0.25, -0.2) is 4.98 Å². The molecule has 0 aliphatic heterocycles. The number of halogens is 3. The van der Waals surface area contributed by atoms with E-state index in [1.165, 1.54) is 42.8 Å². The van der Waals surface area contributed by atoms with Gasteiger partial charge in [0.1, 0.15) is 10.7 Å². The van der Waals surface area contributed by atoms with Gasteiger partial charge in [0.15, 0.2) is 11.6 Å². The summed E-state index contributed by atoms with van der Waals surface area (Å²) < 4.78 is 41.1. The van der Waals surface area contributed by atoms with Gasteiger partial charge in [0.25, 0.3) is 5.91 Å². The maximum absolute atomic E-state index is 13.7. The molecule has 7 nitrogen and oxygen atoms in total. The SMILES string of the molecule is C=C(/C=C(\N(C)c1ccc(NC(=O)C2=CC(C#N)=CCC2C)nn1)C(F)(F)F)c1nccs1. The van der Waals surface area contributed by atoms with Crippen LogP contribution in [0.2, 0.25) is 0 Å². The zero-order valence-corrected chi connectivity index (χ0v) is 18.5. The lowest BCUT2D eigenvalue weighted by atomic mass is 9.89. The molecule has 2 heterocycles. The van der Waals surface area contributed by atoms with Crippen LogP contribution in [0.1, 0.15) is 18.4 Å². The number of hydrogen-bond acceptors (Lipinski definition) is 7. The Morgan fingerprint density at radius 1 is 1.39 bits per heavy atom. The number of amides is 1. The van der Waals surface area contributed by atoms with Gasteiger partial charge in [-0.1, -0.05) is 19.6 Å². The fraction of sp³-hybridized carbons (Fsp3) is 0.227. The van der Waals surface area contributed by atoms with Crippen molar-refractivity contribution in [2.24, 2.45) is 5.92 Å². The lowest BCUT2D eigenvalue weighted by molar-refractivity contribution is -0.113. The minimum atomic E-state index is -4.68. The fourth-order valence-electron chi connectivity index (χ4n) is 3.03. The summed E-state index contributed by atoms with van der Waals surface area (Å²) in [5, 5.41) is 21.3. The molecule has 0 radical (unpaired) electrons. The van der Waals surface area contributed by atoms with E-state index in [0.29, 0.717) is 22.6 Å². The van der Waals surface area contributed by atoms with Crippen LogP contribution in [0.5, 0.6) is 0 Å². The van der Waals surface area contributed by atoms with Crippen LogP contribution in [-0.2, 0) is 4.79 Å². The third-order valence-corrected chi connectivity index (χ3v) is 5.68. The first-order valence-corrected chi connectivity index (χ1v) is 10.6. The zero-order valence-electron chi connectivity index (χ0n) is 17.7. The molecule has 1 aliphatic rings. The second-order valence-corrected chi connectivity index (χ2v) is 8.08. The molecule has 3 rings (SSSR count). The number of alkyl halides is 3. The van der Waals surface area contributed by atoms with E-state index in [0.717, 1.165) is 11.0 Å². The third kappa shape index (κ3) is 5.72. The van der Waals surface area contributed by atoms with Gasteiger partial charge in [0.2, 0.25) is 0 Å². The highest BCUT2D eigenvalue weighted by Gasteiger charge is 2.37. The molecule has 1 unspecified atom stereocenters. The van der Waals surface area contributed by atoms with Gasteiger partial charge in [-0.05, 0) is 36.6 Å². The number of nitrogens with zero attached hydrogens (tertiary/aromatic N) is 5. The van der Waals surface area contributed by atoms with E-state index in [-0.39, 0.29) is 23.1 Å². The zero-order chi connectivity index (χ0) is 24.2. The van der Waals surface area contributed by atoms with Crippen LogP contribution < -0.4 is 10.2 Å². The highest BCUT2D eigenvalue weighted by atomic mass is 32.1. The van der Waals surface area contributed by atoms with Crippen molar-refractivity contribution in [3.8, 4) is 6.07 Å². The van der Waals surface area contributed by atoms with Crippen LogP contribution >= 0.6 is 11.3 Å². The summed E-state index contributed by atoms with van der Waals surface area (Å²) in [7, 11) is 1.21. The maximum atomic E-state index is 13.7. The predicted octanol–water partition coefficient (Wildman–Crippen LogP) is 4.88. The van der Waals surface area contributed by atoms with Gasteiger partial charge in [-0.15, -0.1) is 21.5 Å². The van der Waals surface area contributed by atoms with Crippen molar-refractivity contribution in [1.82, 2.24) is 15.2 Å². The monoisotopic (exact) mass is 472 g/mol. The summed E-state index contributed by atoms with van der Waals surface area (Å²) in [4.78, 5) is 17.4. The molecule has 1 N–H and O–H groups in total. The van der Waals surface area contributed by atoms with Gasteiger partial charge in [0, 0.05) is 35.3 Å². The molecule has 1 amide bonds. The van der Waals surface area contributed by atoms with Crippen LogP contribution in [0.15, 0.2) is 65.4 Å². The molecule has 0 saturated carbocycles. The summed E-state index contributed by atoms with van der Waals surface area (Å²) >= 11 is 1.18. The minimum Gasteiger partial charge on any atom is -0.324 e. The van der Waals surface area contributed by atoms with Crippen LogP contribution in [0.4, 0.5) is 24.8 Å². The second-order valence-electron chi connectivity index (χ2n) is 7.19. The van der Waals surface area contributed by atoms with Crippen molar-refractivity contribution in [3.05, 3.63) is 70.4 Å². The Balaban J connectivity index is 1.78. The smallest absolute Gasteiger partial charge is 0.324 e. The van der Waals surface area contributed by atoms with E-state index in [1.807, 2.05) is 13.0 Å². The highest BCUT2D eigenvalue weighted by Crippen LogP contribution is 2.33. The Bertz CT molecular complexity index is 1170. The number of carbonyl (C=O) groups excluding carboxylic acids is 1. The molecule has 1 aliphatic carbocycles. The lowest BCUT2D eigenvalue weighted by Crippen LogP contribution is -2.29. The van der Waals surface area contributed by atoms with E-state index in [4.69, 9.17) is 5.26 Å². The van der Waals surface area contributed by atoms with Crippen LogP contribution in [0.3, 0.4) is 0 Å². The number of allylic oxidation sites excluding steroid dienone is 6. The molecule has 33 heavy (non-hydrogen) atoms. The van der Waals surface area contributed by atoms with Crippen molar-refractivity contribution >= 4 is 34.5 Å². The van der Waals surface area contributed by atoms with Gasteiger partial charge in [0.05, 0.1) is 6.07 Å². The molecule has 0 bridgehead atoms. The number of nitriles is 1. The molecular formula is C22H19F3N6OS. The number of thiazole rings is 1. The van der Waals surface area contributed by atoms with E-state index in [1.54, 1.807) is 11.5 Å². The lowest BCUT2D eigenvalue weighted by Gasteiger charge is -2.23. The molecule has 0 saturated heterocycles. The van der Waals surface area contributed by atoms with Crippen molar-refractivity contribution in [3.63, 3.8) is 0 Å². The topological polar surface area (TPSA) is 94.8 Å². The number of hydrogen-bond donors (Lipinski definition) is 1. The molecule has 2 aromatic rings. The highest BCUT2D eigenvalue weighted by molar-refractivity contribution is 7.10. The Labute approximate surface area is 192 Å². The second kappa shape index (κ2) is 9.79. The molecule has 170 valence electrons. The van der Waals surface area contributed by atoms with Gasteiger partial charge < -0.3 is 10.2 Å². The van der Waals surface area contributed by atoms with Crippen molar-refractivity contribution in [2.45, 2.75) is 19.5 Å². The average molecular weight is 472 g/mol. The molecule has 0 fully saturated rings. The fourth-order valence-corrected chi connectivity index (χ4v) is 3.61. The largest absolute Gasteiger partial charge is 0.431 e. The number of anilines is 2. The molecular weight excluding hydrogens is 453 g/mol. The standard InChI is InChI=1S/C22H19F3N6OS/c1-13-4-5-15(12-26)11-16(13)20(32)28-18-6-7-19(30-29-18)31(3)17(22(23,24)25)10-14(2)21-27-8-9-33-21/h5-11,13H,2,4H2,1,3H3,(H,28,29,32)/b17-10-. The molecule has 2 aromatic heterocycles. The quantitative estimate of drug-likeness (QED) is 0.602. The summed E-state index contributed by atoms with van der Waals surface area (Å²) in [5.41, 5.74) is -0.0698. The minimum absolute atomic E-state index is 0.0723. The van der Waals surface area contributed by atoms with Crippen molar-refractivity contribution in [1.29, 1.82) is 5.26 Å². The van der Waals surface area contributed by atoms with Crippen LogP contribution in [-0.4, -0.2) is 34.3 Å². The van der Waals surface area contributed by atoms with E-state index < -0.39 is 17.8 Å². The average Bonchev–Trinajstić information content (AvgIpc) is 3.32. The summed E-state index contributed by atoms with van der Waals surface area (Å²) in [6.45, 7) is 5.52. The number of rotatable bonds is 6. The summed E-state index contributed by atoms with van der Waals surface area (Å²) in [5.74, 6) is -0.549. The normalized spacial score (nSPS) is 16.4. The van der Waals surface area contributed by atoms with E-state index in [9.17, 15) is 18.0 Å². The van der Waals surface area contributed by atoms with Gasteiger partial charge in [-0.2, -0.15) is 18.4 Å². The number of carbonyl (C=O) groups is 1. The van der Waals surface area contributed by atoms with E-state index in [2.05, 4.69) is 27.1 Å². The number of nitrogens with one attached hydrogen (secondary N) is 1. The van der Waals surface area contributed by atoms with Crippen LogP contribution in [0.25, 0.3) is 5.57 Å². The first kappa shape index (κ1) is 23.9. The van der Waals surface area contributed by atoms with Gasteiger partial charge in [-0.3, -0.25) is 4.79 Å². The first-order valence-electron chi connectivity index (χ1n) is 9.68. The third-order valence-electron chi connectivity index (χ3n) is 4.83. The molecule has 11 heteroatoms. The number of aromatic nitrogens is 3. The molecule has 0 aromatic carbocycles. The predicted molar refractivity (Wildman–Crippen MR) is 120 cm³/mol. The molecule has 0 spiro atoms. The Kier molecular flexibility index (Phi) is 7.08. The van der Waals surface area contributed by atoms with Crippen molar-refractivity contribution in [2.75, 3.05) is 17.3 Å². The summed E-state index contributed by atoms with van der Waals surface area (Å²) in [6, 6.07) is 4.67. The molecule has 1 atom stereocenters. The van der Waals surface area contributed by atoms with Crippen molar-refractivity contribution < 1.29 is 18.0 Å². The van der Waals surface area contributed by atoms with Crippen LogP contribution in [0, 0.1) is 17.2 Å². The van der Waals surface area contributed by atoms with Gasteiger partial charge >= 0.3 is 6.18 Å². The van der Waals surface area contributed by atoms with E-state index >= 15 is 0 Å². The Morgan fingerprint density at radius 3 is 2.73 bits per heavy atom. The Hall–Kier alpha value is -3.78. The first-order chi connectivity index (χ1) is 15.6. The Morgan fingerprint density at radius 2 is 2.15 bits per heavy atom. The maximum Gasteiger partial charge on any atom is 0.431 e. The summed E-state index contributed by atoms with van der Waals surface area (Å²) in [6.07, 6.45) is 1.51.